The Morgan fingerprint density at radius 2 is 1.90 bits per heavy atom. The zero-order valence-electron chi connectivity index (χ0n) is 17.4. The van der Waals surface area contributed by atoms with E-state index in [1.807, 2.05) is 31.2 Å². The summed E-state index contributed by atoms with van der Waals surface area (Å²) < 4.78 is 7.59. The van der Waals surface area contributed by atoms with Gasteiger partial charge in [0.1, 0.15) is 5.75 Å². The van der Waals surface area contributed by atoms with E-state index in [0.717, 1.165) is 41.6 Å². The van der Waals surface area contributed by atoms with Crippen LogP contribution in [0.2, 0.25) is 0 Å². The second kappa shape index (κ2) is 8.78. The molecule has 3 atom stereocenters. The third kappa shape index (κ3) is 4.60. The summed E-state index contributed by atoms with van der Waals surface area (Å²) in [4.78, 5) is 12.5. The zero-order valence-corrected chi connectivity index (χ0v) is 18.2. The third-order valence-electron chi connectivity index (χ3n) is 5.99. The molecule has 4 rings (SSSR count). The molecule has 0 bridgehead atoms. The smallest absolute Gasteiger partial charge is 0.233 e. The van der Waals surface area contributed by atoms with Gasteiger partial charge in [0.15, 0.2) is 11.0 Å². The number of nitrogens with zero attached hydrogens (tertiary/aromatic N) is 3. The summed E-state index contributed by atoms with van der Waals surface area (Å²) in [6.45, 7) is 4.28. The van der Waals surface area contributed by atoms with Crippen LogP contribution in [-0.4, -0.2) is 39.1 Å². The van der Waals surface area contributed by atoms with Gasteiger partial charge in [-0.05, 0) is 62.8 Å². The van der Waals surface area contributed by atoms with Crippen LogP contribution >= 0.6 is 11.8 Å². The molecule has 1 aromatic heterocycles. The van der Waals surface area contributed by atoms with Crippen molar-refractivity contribution in [2.75, 3.05) is 7.11 Å². The zero-order chi connectivity index (χ0) is 20.4. The number of ether oxygens (including phenoxy) is 1. The number of rotatable bonds is 7. The first-order valence-electron chi connectivity index (χ1n) is 10.6. The van der Waals surface area contributed by atoms with Crippen molar-refractivity contribution in [3.8, 4) is 17.1 Å². The fraction of sp³-hybridized carbons (Fsp3) is 0.591. The Kier molecular flexibility index (Phi) is 6.13. The molecule has 29 heavy (non-hydrogen) atoms. The van der Waals surface area contributed by atoms with E-state index in [1.165, 1.54) is 31.0 Å². The maximum absolute atomic E-state index is 12.5. The van der Waals surface area contributed by atoms with E-state index in [-0.39, 0.29) is 11.2 Å². The first-order chi connectivity index (χ1) is 14.1. The van der Waals surface area contributed by atoms with Gasteiger partial charge in [0, 0.05) is 17.6 Å². The predicted molar refractivity (Wildman–Crippen MR) is 115 cm³/mol. The van der Waals surface area contributed by atoms with Gasteiger partial charge in [0.25, 0.3) is 0 Å². The lowest BCUT2D eigenvalue weighted by atomic mass is 9.85. The number of amides is 1. The molecule has 0 unspecified atom stereocenters. The maximum atomic E-state index is 12.5. The Balaban J connectivity index is 1.64. The summed E-state index contributed by atoms with van der Waals surface area (Å²) in [7, 11) is 1.67. The molecule has 2 fully saturated rings. The van der Waals surface area contributed by atoms with Gasteiger partial charge in [-0.25, -0.2) is 0 Å². The Hall–Kier alpha value is -2.02. The summed E-state index contributed by atoms with van der Waals surface area (Å²) in [6, 6.07) is 8.71. The molecule has 6 nitrogen and oxygen atoms in total. The van der Waals surface area contributed by atoms with E-state index in [2.05, 4.69) is 27.0 Å². The molecule has 0 radical (unpaired) electrons. The number of hydrogen-bond donors (Lipinski definition) is 1. The molecular weight excluding hydrogens is 384 g/mol. The van der Waals surface area contributed by atoms with Crippen molar-refractivity contribution in [2.45, 2.75) is 74.9 Å². The van der Waals surface area contributed by atoms with Crippen molar-refractivity contribution in [3.63, 3.8) is 0 Å². The standard InChI is InChI=1S/C22H30N4O2S/c1-14-6-4-5-7-19(14)26-20(16-8-12-18(28-3)13-9-16)24-25-22(26)29-15(2)21(27)23-17-10-11-17/h8-9,12-15,17,19H,4-7,10-11H2,1-3H3,(H,23,27)/t14-,15+,19+/m1/s1. The molecule has 7 heteroatoms. The van der Waals surface area contributed by atoms with Crippen LogP contribution in [0.5, 0.6) is 5.75 Å². The molecule has 1 N–H and O–H groups in total. The van der Waals surface area contributed by atoms with E-state index in [0.29, 0.717) is 18.0 Å². The minimum atomic E-state index is -0.193. The van der Waals surface area contributed by atoms with Crippen molar-refractivity contribution in [1.82, 2.24) is 20.1 Å². The van der Waals surface area contributed by atoms with Crippen LogP contribution < -0.4 is 10.1 Å². The first-order valence-corrected chi connectivity index (χ1v) is 11.5. The molecule has 1 aromatic carbocycles. The minimum absolute atomic E-state index is 0.0924. The van der Waals surface area contributed by atoms with Gasteiger partial charge >= 0.3 is 0 Å². The van der Waals surface area contributed by atoms with Gasteiger partial charge in [-0.15, -0.1) is 10.2 Å². The van der Waals surface area contributed by atoms with Crippen LogP contribution in [0.1, 0.15) is 58.4 Å². The number of aromatic nitrogens is 3. The molecule has 156 valence electrons. The molecule has 1 amide bonds. The van der Waals surface area contributed by atoms with Gasteiger partial charge < -0.3 is 10.1 Å². The lowest BCUT2D eigenvalue weighted by Crippen LogP contribution is -2.33. The fourth-order valence-corrected chi connectivity index (χ4v) is 4.95. The molecule has 2 saturated carbocycles. The first kappa shape index (κ1) is 20.3. The minimum Gasteiger partial charge on any atom is -0.497 e. The van der Waals surface area contributed by atoms with Crippen LogP contribution in [0.25, 0.3) is 11.4 Å². The summed E-state index contributed by atoms with van der Waals surface area (Å²) in [6.07, 6.45) is 7.03. The SMILES string of the molecule is COc1ccc(-c2nnc(S[C@@H](C)C(=O)NC3CC3)n2[C@H]2CCCC[C@H]2C)cc1. The van der Waals surface area contributed by atoms with Crippen LogP contribution in [-0.2, 0) is 4.79 Å². The van der Waals surface area contributed by atoms with E-state index < -0.39 is 0 Å². The summed E-state index contributed by atoms with van der Waals surface area (Å²) in [5.41, 5.74) is 1.03. The van der Waals surface area contributed by atoms with E-state index in [4.69, 9.17) is 4.74 Å². The normalized spacial score (nSPS) is 22.9. The van der Waals surface area contributed by atoms with E-state index >= 15 is 0 Å². The number of thioether (sulfide) groups is 1. The van der Waals surface area contributed by atoms with Gasteiger partial charge in [-0.1, -0.05) is 31.5 Å². The topological polar surface area (TPSA) is 69.0 Å². The van der Waals surface area contributed by atoms with Crippen molar-refractivity contribution in [3.05, 3.63) is 24.3 Å². The highest BCUT2D eigenvalue weighted by molar-refractivity contribution is 8.00. The monoisotopic (exact) mass is 414 g/mol. The second-order valence-electron chi connectivity index (χ2n) is 8.28. The van der Waals surface area contributed by atoms with Gasteiger partial charge in [0.05, 0.1) is 12.4 Å². The molecule has 0 saturated heterocycles. The Bertz CT molecular complexity index is 847. The quantitative estimate of drug-likeness (QED) is 0.677. The molecule has 2 aliphatic rings. The number of carbonyl (C=O) groups excluding carboxylic acids is 1. The van der Waals surface area contributed by atoms with Crippen molar-refractivity contribution in [2.24, 2.45) is 5.92 Å². The van der Waals surface area contributed by atoms with E-state index in [1.54, 1.807) is 7.11 Å². The highest BCUT2D eigenvalue weighted by Crippen LogP contribution is 2.40. The Labute approximate surface area is 176 Å². The van der Waals surface area contributed by atoms with Crippen molar-refractivity contribution in [1.29, 1.82) is 0 Å². The summed E-state index contributed by atoms with van der Waals surface area (Å²) >= 11 is 1.52. The second-order valence-corrected chi connectivity index (χ2v) is 9.58. The van der Waals surface area contributed by atoms with Crippen LogP contribution in [0.3, 0.4) is 0 Å². The average Bonchev–Trinajstić information content (AvgIpc) is 3.46. The average molecular weight is 415 g/mol. The highest BCUT2D eigenvalue weighted by Gasteiger charge is 2.31. The lowest BCUT2D eigenvalue weighted by Gasteiger charge is -2.31. The fourth-order valence-electron chi connectivity index (χ4n) is 4.03. The van der Waals surface area contributed by atoms with Gasteiger partial charge in [-0.3, -0.25) is 9.36 Å². The lowest BCUT2D eigenvalue weighted by molar-refractivity contribution is -0.120. The molecular formula is C22H30N4O2S. The Morgan fingerprint density at radius 3 is 2.55 bits per heavy atom. The maximum Gasteiger partial charge on any atom is 0.233 e. The van der Waals surface area contributed by atoms with Crippen LogP contribution in [0.15, 0.2) is 29.4 Å². The molecule has 2 aliphatic carbocycles. The number of benzene rings is 1. The molecule has 1 heterocycles. The van der Waals surface area contributed by atoms with Gasteiger partial charge in [-0.2, -0.15) is 0 Å². The highest BCUT2D eigenvalue weighted by atomic mass is 32.2. The number of hydrogen-bond acceptors (Lipinski definition) is 5. The molecule has 2 aromatic rings. The van der Waals surface area contributed by atoms with Crippen molar-refractivity contribution >= 4 is 17.7 Å². The number of nitrogens with one attached hydrogen (secondary N) is 1. The Morgan fingerprint density at radius 1 is 1.17 bits per heavy atom. The summed E-state index contributed by atoms with van der Waals surface area (Å²) in [5.74, 6) is 2.36. The van der Waals surface area contributed by atoms with Gasteiger partial charge in [0.2, 0.25) is 5.91 Å². The largest absolute Gasteiger partial charge is 0.497 e. The number of carbonyl (C=O) groups is 1. The van der Waals surface area contributed by atoms with E-state index in [9.17, 15) is 4.79 Å². The number of methoxy groups -OCH3 is 1. The van der Waals surface area contributed by atoms with Crippen LogP contribution in [0.4, 0.5) is 0 Å². The molecule has 0 spiro atoms. The van der Waals surface area contributed by atoms with Crippen LogP contribution in [0, 0.1) is 5.92 Å². The predicted octanol–water partition coefficient (Wildman–Crippen LogP) is 4.46. The molecule has 0 aliphatic heterocycles. The van der Waals surface area contributed by atoms with Crippen molar-refractivity contribution < 1.29 is 9.53 Å². The summed E-state index contributed by atoms with van der Waals surface area (Å²) in [5, 5.41) is 12.8. The third-order valence-corrected chi connectivity index (χ3v) is 7.04.